The largest absolute Gasteiger partial charge is 0.477 e. The molecule has 0 amide bonds. The number of H-pyrrole nitrogens is 1. The summed E-state index contributed by atoms with van der Waals surface area (Å²) in [5.41, 5.74) is -2.04. The second-order valence-corrected chi connectivity index (χ2v) is 3.91. The van der Waals surface area contributed by atoms with E-state index >= 15 is 0 Å². The third-order valence-electron chi connectivity index (χ3n) is 2.62. The molecular weight excluding hydrogens is 254 g/mol. The van der Waals surface area contributed by atoms with E-state index in [4.69, 9.17) is 5.11 Å². The lowest BCUT2D eigenvalue weighted by Crippen LogP contribution is -2.33. The van der Waals surface area contributed by atoms with Crippen LogP contribution in [0.5, 0.6) is 0 Å². The maximum Gasteiger partial charge on any atom is 0.342 e. The van der Waals surface area contributed by atoms with Crippen LogP contribution in [0.3, 0.4) is 0 Å². The number of nitrogens with one attached hydrogen (secondary N) is 1. The predicted molar refractivity (Wildman–Crippen MR) is 63.0 cm³/mol. The number of aromatic nitrogens is 5. The second kappa shape index (κ2) is 4.88. The molecule has 0 aliphatic carbocycles. The standard InChI is InChI=1S/C10H11N5O4/c1-14-5-11-13-7(14)2-3-15-4-6(9(17)18)8(16)12-10(15)19/h4-5H,2-3H2,1H3,(H,17,18)(H,12,16,19). The molecule has 0 aliphatic rings. The van der Waals surface area contributed by atoms with Crippen LogP contribution in [0, 0.1) is 0 Å². The van der Waals surface area contributed by atoms with Gasteiger partial charge in [-0.3, -0.25) is 14.3 Å². The predicted octanol–water partition coefficient (Wildman–Crippen LogP) is -1.39. The van der Waals surface area contributed by atoms with Gasteiger partial charge in [0, 0.05) is 26.2 Å². The molecule has 9 heteroatoms. The number of carbonyl (C=O) groups is 1. The Bertz CT molecular complexity index is 726. The van der Waals surface area contributed by atoms with E-state index in [1.165, 1.54) is 6.33 Å². The monoisotopic (exact) mass is 265 g/mol. The molecule has 0 aromatic carbocycles. The first-order valence-corrected chi connectivity index (χ1v) is 5.39. The van der Waals surface area contributed by atoms with E-state index in [0.29, 0.717) is 12.2 Å². The Morgan fingerprint density at radius 1 is 1.47 bits per heavy atom. The van der Waals surface area contributed by atoms with Crippen molar-refractivity contribution in [3.63, 3.8) is 0 Å². The van der Waals surface area contributed by atoms with Crippen LogP contribution >= 0.6 is 0 Å². The fourth-order valence-corrected chi connectivity index (χ4v) is 1.58. The molecule has 100 valence electrons. The summed E-state index contributed by atoms with van der Waals surface area (Å²) >= 11 is 0. The minimum Gasteiger partial charge on any atom is -0.477 e. The summed E-state index contributed by atoms with van der Waals surface area (Å²) in [5.74, 6) is -0.733. The van der Waals surface area contributed by atoms with Gasteiger partial charge in [-0.1, -0.05) is 0 Å². The van der Waals surface area contributed by atoms with Crippen molar-refractivity contribution in [3.05, 3.63) is 44.8 Å². The Kier molecular flexibility index (Phi) is 3.27. The molecule has 0 aliphatic heterocycles. The molecule has 0 bridgehead atoms. The minimum absolute atomic E-state index is 0.197. The van der Waals surface area contributed by atoms with Gasteiger partial charge in [-0.25, -0.2) is 9.59 Å². The molecule has 2 rings (SSSR count). The van der Waals surface area contributed by atoms with Gasteiger partial charge < -0.3 is 9.67 Å². The first kappa shape index (κ1) is 12.7. The summed E-state index contributed by atoms with van der Waals surface area (Å²) in [6, 6.07) is 0. The molecule has 0 saturated carbocycles. The lowest BCUT2D eigenvalue weighted by atomic mass is 10.3. The fraction of sp³-hybridized carbons (Fsp3) is 0.300. The minimum atomic E-state index is -1.38. The molecule has 2 N–H and O–H groups in total. The molecule has 2 aromatic rings. The smallest absolute Gasteiger partial charge is 0.342 e. The number of carboxylic acids is 1. The van der Waals surface area contributed by atoms with Gasteiger partial charge in [0.2, 0.25) is 0 Å². The van der Waals surface area contributed by atoms with Crippen molar-refractivity contribution in [3.8, 4) is 0 Å². The Hall–Kier alpha value is -2.71. The second-order valence-electron chi connectivity index (χ2n) is 3.91. The zero-order valence-corrected chi connectivity index (χ0v) is 10.0. The van der Waals surface area contributed by atoms with Crippen molar-refractivity contribution in [1.29, 1.82) is 0 Å². The van der Waals surface area contributed by atoms with Gasteiger partial charge in [-0.05, 0) is 0 Å². The van der Waals surface area contributed by atoms with Crippen LogP contribution in [0.4, 0.5) is 0 Å². The average molecular weight is 265 g/mol. The van der Waals surface area contributed by atoms with Crippen molar-refractivity contribution < 1.29 is 9.90 Å². The topological polar surface area (TPSA) is 123 Å². The van der Waals surface area contributed by atoms with E-state index in [0.717, 1.165) is 10.8 Å². The first-order chi connectivity index (χ1) is 8.99. The Balaban J connectivity index is 2.28. The van der Waals surface area contributed by atoms with Crippen LogP contribution in [0.15, 0.2) is 22.1 Å². The van der Waals surface area contributed by atoms with Crippen LogP contribution in [-0.4, -0.2) is 35.4 Å². The molecular formula is C10H11N5O4. The summed E-state index contributed by atoms with van der Waals surface area (Å²) in [6.07, 6.45) is 2.94. The number of hydrogen-bond donors (Lipinski definition) is 2. The lowest BCUT2D eigenvalue weighted by molar-refractivity contribution is 0.0693. The molecule has 0 saturated heterocycles. The molecule has 2 aromatic heterocycles. The normalized spacial score (nSPS) is 10.6. The van der Waals surface area contributed by atoms with Crippen LogP contribution in [0.25, 0.3) is 0 Å². The van der Waals surface area contributed by atoms with Gasteiger partial charge in [0.1, 0.15) is 17.7 Å². The zero-order chi connectivity index (χ0) is 14.0. The highest BCUT2D eigenvalue weighted by molar-refractivity contribution is 5.86. The van der Waals surface area contributed by atoms with Gasteiger partial charge in [-0.2, -0.15) is 0 Å². The highest BCUT2D eigenvalue weighted by Crippen LogP contribution is 1.96. The number of aromatic carboxylic acids is 1. The van der Waals surface area contributed by atoms with Crippen molar-refractivity contribution in [1.82, 2.24) is 24.3 Å². The van der Waals surface area contributed by atoms with Gasteiger partial charge in [0.25, 0.3) is 5.56 Å². The molecule has 0 atom stereocenters. The SMILES string of the molecule is Cn1cnnc1CCn1cc(C(=O)O)c(=O)[nH]c1=O. The summed E-state index contributed by atoms with van der Waals surface area (Å²) in [4.78, 5) is 35.5. The van der Waals surface area contributed by atoms with Crippen molar-refractivity contribution >= 4 is 5.97 Å². The number of nitrogens with zero attached hydrogens (tertiary/aromatic N) is 4. The van der Waals surface area contributed by atoms with Gasteiger partial charge in [-0.15, -0.1) is 10.2 Å². The van der Waals surface area contributed by atoms with Gasteiger partial charge in [0.05, 0.1) is 0 Å². The summed E-state index contributed by atoms with van der Waals surface area (Å²) in [7, 11) is 1.76. The Labute approximate surface area is 106 Å². The molecule has 2 heterocycles. The van der Waals surface area contributed by atoms with E-state index < -0.39 is 22.8 Å². The highest BCUT2D eigenvalue weighted by Gasteiger charge is 2.11. The maximum absolute atomic E-state index is 11.5. The number of aryl methyl sites for hydroxylation is 3. The number of aromatic amines is 1. The van der Waals surface area contributed by atoms with Gasteiger partial charge >= 0.3 is 11.7 Å². The number of carboxylic acid groups (broad SMARTS) is 1. The quantitative estimate of drug-likeness (QED) is 0.701. The average Bonchev–Trinajstić information content (AvgIpc) is 2.73. The molecule has 0 fully saturated rings. The number of hydrogen-bond acceptors (Lipinski definition) is 5. The Morgan fingerprint density at radius 3 is 2.79 bits per heavy atom. The van der Waals surface area contributed by atoms with E-state index in [-0.39, 0.29) is 6.54 Å². The van der Waals surface area contributed by atoms with Crippen molar-refractivity contribution in [2.24, 2.45) is 7.05 Å². The maximum atomic E-state index is 11.5. The van der Waals surface area contributed by atoms with E-state index in [1.807, 2.05) is 4.98 Å². The van der Waals surface area contributed by atoms with Crippen molar-refractivity contribution in [2.75, 3.05) is 0 Å². The molecule has 9 nitrogen and oxygen atoms in total. The van der Waals surface area contributed by atoms with Crippen molar-refractivity contribution in [2.45, 2.75) is 13.0 Å². The van der Waals surface area contributed by atoms with Crippen LogP contribution in [0.1, 0.15) is 16.2 Å². The molecule has 0 unspecified atom stereocenters. The molecule has 19 heavy (non-hydrogen) atoms. The van der Waals surface area contributed by atoms with E-state index in [2.05, 4.69) is 10.2 Å². The first-order valence-electron chi connectivity index (χ1n) is 5.39. The van der Waals surface area contributed by atoms with E-state index in [9.17, 15) is 14.4 Å². The van der Waals surface area contributed by atoms with Crippen LogP contribution in [0.2, 0.25) is 0 Å². The highest BCUT2D eigenvalue weighted by atomic mass is 16.4. The van der Waals surface area contributed by atoms with Crippen LogP contribution in [-0.2, 0) is 20.0 Å². The molecule has 0 spiro atoms. The zero-order valence-electron chi connectivity index (χ0n) is 10.0. The van der Waals surface area contributed by atoms with E-state index in [1.54, 1.807) is 11.6 Å². The lowest BCUT2D eigenvalue weighted by Gasteiger charge is -2.05. The summed E-state index contributed by atoms with van der Waals surface area (Å²) in [6.45, 7) is 0.197. The Morgan fingerprint density at radius 2 is 2.21 bits per heavy atom. The summed E-state index contributed by atoms with van der Waals surface area (Å²) < 4.78 is 2.81. The molecule has 0 radical (unpaired) electrons. The number of rotatable bonds is 4. The third-order valence-corrected chi connectivity index (χ3v) is 2.62. The van der Waals surface area contributed by atoms with Crippen LogP contribution < -0.4 is 11.2 Å². The summed E-state index contributed by atoms with van der Waals surface area (Å²) in [5, 5.41) is 16.4. The fourth-order valence-electron chi connectivity index (χ4n) is 1.58. The third kappa shape index (κ3) is 2.59. The van der Waals surface area contributed by atoms with Gasteiger partial charge in [0.15, 0.2) is 0 Å².